The van der Waals surface area contributed by atoms with Crippen molar-refractivity contribution in [1.82, 2.24) is 5.32 Å². The van der Waals surface area contributed by atoms with E-state index < -0.39 is 0 Å². The highest BCUT2D eigenvalue weighted by Crippen LogP contribution is 2.19. The van der Waals surface area contributed by atoms with Crippen LogP contribution in [0.15, 0.2) is 11.6 Å². The molecule has 0 aromatic carbocycles. The Morgan fingerprint density at radius 2 is 2.43 bits per heavy atom. The summed E-state index contributed by atoms with van der Waals surface area (Å²) in [5.41, 5.74) is 1.67. The fourth-order valence-corrected chi connectivity index (χ4v) is 2.26. The van der Waals surface area contributed by atoms with Crippen LogP contribution in [-0.2, 0) is 4.74 Å². The molecule has 1 aliphatic carbocycles. The Kier molecular flexibility index (Phi) is 4.02. The molecule has 1 N–H and O–H groups in total. The van der Waals surface area contributed by atoms with Gasteiger partial charge in [0.1, 0.15) is 0 Å². The summed E-state index contributed by atoms with van der Waals surface area (Å²) in [7, 11) is 0. The molecule has 1 unspecified atom stereocenters. The number of rotatable bonds is 4. The van der Waals surface area contributed by atoms with E-state index in [-0.39, 0.29) is 0 Å². The van der Waals surface area contributed by atoms with Gasteiger partial charge in [0.15, 0.2) is 0 Å². The summed E-state index contributed by atoms with van der Waals surface area (Å²) in [6.07, 6.45) is 10.3. The molecule has 0 radical (unpaired) electrons. The topological polar surface area (TPSA) is 21.3 Å². The highest BCUT2D eigenvalue weighted by molar-refractivity contribution is 5.05. The zero-order valence-electron chi connectivity index (χ0n) is 8.93. The molecule has 14 heavy (non-hydrogen) atoms. The minimum absolute atomic E-state index is 0.624. The molecule has 1 heterocycles. The first kappa shape index (κ1) is 10.2. The van der Waals surface area contributed by atoms with Crippen molar-refractivity contribution in [2.24, 2.45) is 0 Å². The van der Waals surface area contributed by atoms with Gasteiger partial charge >= 0.3 is 0 Å². The molecule has 2 rings (SSSR count). The maximum absolute atomic E-state index is 5.32. The van der Waals surface area contributed by atoms with Crippen LogP contribution in [0, 0.1) is 0 Å². The molecule has 1 aliphatic heterocycles. The summed E-state index contributed by atoms with van der Waals surface area (Å²) in [4.78, 5) is 0. The number of allylic oxidation sites excluding steroid dienone is 1. The van der Waals surface area contributed by atoms with Crippen molar-refractivity contribution in [1.29, 1.82) is 0 Å². The predicted molar refractivity (Wildman–Crippen MR) is 58.4 cm³/mol. The van der Waals surface area contributed by atoms with E-state index in [4.69, 9.17) is 4.74 Å². The molecule has 2 nitrogen and oxygen atoms in total. The Morgan fingerprint density at radius 3 is 3.14 bits per heavy atom. The van der Waals surface area contributed by atoms with Crippen LogP contribution in [0.3, 0.4) is 0 Å². The maximum atomic E-state index is 5.32. The van der Waals surface area contributed by atoms with E-state index in [0.717, 1.165) is 19.8 Å². The minimum atomic E-state index is 0.624. The average molecular weight is 195 g/mol. The number of hydrogen-bond donors (Lipinski definition) is 1. The van der Waals surface area contributed by atoms with Crippen LogP contribution < -0.4 is 5.32 Å². The van der Waals surface area contributed by atoms with Crippen LogP contribution >= 0.6 is 0 Å². The van der Waals surface area contributed by atoms with E-state index in [0.29, 0.717) is 6.04 Å². The lowest BCUT2D eigenvalue weighted by Gasteiger charge is -2.14. The van der Waals surface area contributed by atoms with E-state index in [2.05, 4.69) is 11.4 Å². The Balaban J connectivity index is 1.59. The van der Waals surface area contributed by atoms with Crippen LogP contribution in [-0.4, -0.2) is 25.8 Å². The third kappa shape index (κ3) is 3.10. The second-order valence-corrected chi connectivity index (χ2v) is 4.37. The first-order valence-corrected chi connectivity index (χ1v) is 5.94. The van der Waals surface area contributed by atoms with Crippen molar-refractivity contribution in [3.63, 3.8) is 0 Å². The largest absolute Gasteiger partial charge is 0.380 e. The average Bonchev–Trinajstić information content (AvgIpc) is 2.72. The van der Waals surface area contributed by atoms with E-state index in [9.17, 15) is 0 Å². The SMILES string of the molecule is C1=C(CCNC2CCOC2)CCCC1. The third-order valence-corrected chi connectivity index (χ3v) is 3.19. The molecule has 0 bridgehead atoms. The second kappa shape index (κ2) is 5.52. The van der Waals surface area contributed by atoms with Crippen molar-refractivity contribution in [3.8, 4) is 0 Å². The number of ether oxygens (including phenoxy) is 1. The van der Waals surface area contributed by atoms with Gasteiger partial charge < -0.3 is 10.1 Å². The standard InChI is InChI=1S/C12H21NO/c1-2-4-11(5-3-1)6-8-13-12-7-9-14-10-12/h4,12-13H,1-3,5-10H2. The van der Waals surface area contributed by atoms with Gasteiger partial charge in [-0.05, 0) is 45.1 Å². The normalized spacial score (nSPS) is 27.7. The summed E-state index contributed by atoms with van der Waals surface area (Å²) in [6.45, 7) is 3.00. The van der Waals surface area contributed by atoms with Crippen LogP contribution in [0.5, 0.6) is 0 Å². The highest BCUT2D eigenvalue weighted by Gasteiger charge is 2.14. The van der Waals surface area contributed by atoms with Gasteiger partial charge in [-0.15, -0.1) is 0 Å². The molecule has 0 saturated carbocycles. The number of hydrogen-bond acceptors (Lipinski definition) is 2. The van der Waals surface area contributed by atoms with E-state index in [1.807, 2.05) is 0 Å². The molecule has 0 aromatic rings. The van der Waals surface area contributed by atoms with Gasteiger partial charge in [-0.3, -0.25) is 0 Å². The van der Waals surface area contributed by atoms with Gasteiger partial charge in [0, 0.05) is 12.6 Å². The van der Waals surface area contributed by atoms with Crippen LogP contribution in [0.2, 0.25) is 0 Å². The van der Waals surface area contributed by atoms with Gasteiger partial charge in [0.2, 0.25) is 0 Å². The Labute approximate surface area is 86.7 Å². The van der Waals surface area contributed by atoms with E-state index in [1.165, 1.54) is 38.5 Å². The van der Waals surface area contributed by atoms with Crippen molar-refractivity contribution < 1.29 is 4.74 Å². The molecule has 0 aromatic heterocycles. The lowest BCUT2D eigenvalue weighted by Crippen LogP contribution is -2.30. The van der Waals surface area contributed by atoms with Crippen LogP contribution in [0.1, 0.15) is 38.5 Å². The molecular weight excluding hydrogens is 174 g/mol. The van der Waals surface area contributed by atoms with Gasteiger partial charge in [0.05, 0.1) is 6.61 Å². The predicted octanol–water partition coefficient (Wildman–Crippen LogP) is 2.26. The van der Waals surface area contributed by atoms with Gasteiger partial charge in [-0.1, -0.05) is 11.6 Å². The molecule has 2 aliphatic rings. The fraction of sp³-hybridized carbons (Fsp3) is 0.833. The molecule has 2 heteroatoms. The molecule has 1 saturated heterocycles. The lowest BCUT2D eigenvalue weighted by molar-refractivity contribution is 0.190. The van der Waals surface area contributed by atoms with Crippen molar-refractivity contribution in [2.45, 2.75) is 44.6 Å². The Bertz CT molecular complexity index is 194. The molecule has 1 fully saturated rings. The quantitative estimate of drug-likeness (QED) is 0.695. The lowest BCUT2D eigenvalue weighted by atomic mass is 9.97. The first-order valence-electron chi connectivity index (χ1n) is 5.94. The minimum Gasteiger partial charge on any atom is -0.380 e. The molecular formula is C12H21NO. The van der Waals surface area contributed by atoms with Crippen molar-refractivity contribution >= 4 is 0 Å². The maximum Gasteiger partial charge on any atom is 0.0620 e. The molecule has 1 atom stereocenters. The van der Waals surface area contributed by atoms with Crippen LogP contribution in [0.25, 0.3) is 0 Å². The molecule has 80 valence electrons. The zero-order valence-corrected chi connectivity index (χ0v) is 8.93. The monoisotopic (exact) mass is 195 g/mol. The fourth-order valence-electron chi connectivity index (χ4n) is 2.26. The van der Waals surface area contributed by atoms with Gasteiger partial charge in [-0.25, -0.2) is 0 Å². The second-order valence-electron chi connectivity index (χ2n) is 4.37. The van der Waals surface area contributed by atoms with Gasteiger partial charge in [-0.2, -0.15) is 0 Å². The first-order chi connectivity index (χ1) is 6.95. The summed E-state index contributed by atoms with van der Waals surface area (Å²) in [6, 6.07) is 0.624. The van der Waals surface area contributed by atoms with E-state index >= 15 is 0 Å². The summed E-state index contributed by atoms with van der Waals surface area (Å²) >= 11 is 0. The van der Waals surface area contributed by atoms with Crippen LogP contribution in [0.4, 0.5) is 0 Å². The highest BCUT2D eigenvalue weighted by atomic mass is 16.5. The Morgan fingerprint density at radius 1 is 1.43 bits per heavy atom. The molecule has 0 spiro atoms. The third-order valence-electron chi connectivity index (χ3n) is 3.19. The summed E-state index contributed by atoms with van der Waals surface area (Å²) in [5, 5.41) is 3.56. The molecule has 0 amide bonds. The van der Waals surface area contributed by atoms with E-state index in [1.54, 1.807) is 5.57 Å². The summed E-state index contributed by atoms with van der Waals surface area (Å²) in [5.74, 6) is 0. The van der Waals surface area contributed by atoms with Gasteiger partial charge in [0.25, 0.3) is 0 Å². The zero-order chi connectivity index (χ0) is 9.64. The Hall–Kier alpha value is -0.340. The summed E-state index contributed by atoms with van der Waals surface area (Å²) < 4.78 is 5.32. The smallest absolute Gasteiger partial charge is 0.0620 e. The van der Waals surface area contributed by atoms with Crippen molar-refractivity contribution in [2.75, 3.05) is 19.8 Å². The van der Waals surface area contributed by atoms with Crippen molar-refractivity contribution in [3.05, 3.63) is 11.6 Å². The number of nitrogens with one attached hydrogen (secondary N) is 1.